The third-order valence-electron chi connectivity index (χ3n) is 4.60. The summed E-state index contributed by atoms with van der Waals surface area (Å²) in [7, 11) is 1.64. The average molecular weight is 453 g/mol. The molecule has 3 N–H and O–H groups in total. The lowest BCUT2D eigenvalue weighted by molar-refractivity contribution is -0.136. The van der Waals surface area contributed by atoms with E-state index in [1.54, 1.807) is 18.9 Å². The number of ether oxygens (including phenoxy) is 1. The van der Waals surface area contributed by atoms with Crippen LogP contribution in [-0.4, -0.2) is 23.3 Å². The summed E-state index contributed by atoms with van der Waals surface area (Å²) in [5, 5.41) is 16.1. The van der Waals surface area contributed by atoms with Gasteiger partial charge in [-0.3, -0.25) is 4.79 Å². The number of thioether (sulfide) groups is 1. The van der Waals surface area contributed by atoms with Crippen LogP contribution < -0.4 is 15.4 Å². The van der Waals surface area contributed by atoms with Crippen molar-refractivity contribution in [3.8, 4) is 5.75 Å². The molecule has 0 aromatic heterocycles. The Labute approximate surface area is 191 Å². The van der Waals surface area contributed by atoms with Crippen molar-refractivity contribution in [2.45, 2.75) is 24.0 Å². The van der Waals surface area contributed by atoms with E-state index >= 15 is 0 Å². The number of carbonyl (C=O) groups is 1. The second-order valence-corrected chi connectivity index (χ2v) is 8.36. The minimum Gasteiger partial charge on any atom is -0.497 e. The summed E-state index contributed by atoms with van der Waals surface area (Å²) in [6.07, 6.45) is -0.0255. The first-order valence-corrected chi connectivity index (χ1v) is 11.1. The van der Waals surface area contributed by atoms with Crippen molar-refractivity contribution in [3.05, 3.63) is 83.4 Å². The molecule has 0 radical (unpaired) electrons. The van der Waals surface area contributed by atoms with Crippen LogP contribution in [0.1, 0.15) is 16.7 Å². The fraction of sp³-hybridized carbons (Fsp3) is 0.167. The van der Waals surface area contributed by atoms with Gasteiger partial charge in [-0.2, -0.15) is 0 Å². The molecule has 0 bridgehead atoms. The second kappa shape index (κ2) is 10.8. The number of carboxylic acids is 1. The van der Waals surface area contributed by atoms with E-state index in [0.717, 1.165) is 44.5 Å². The lowest BCUT2D eigenvalue weighted by Gasteiger charge is -2.16. The molecule has 0 unspecified atom stereocenters. The highest BCUT2D eigenvalue weighted by atomic mass is 32.2. The van der Waals surface area contributed by atoms with Crippen molar-refractivity contribution in [1.29, 1.82) is 0 Å². The fourth-order valence-electron chi connectivity index (χ4n) is 2.95. The van der Waals surface area contributed by atoms with Crippen molar-refractivity contribution in [3.63, 3.8) is 0 Å². The van der Waals surface area contributed by atoms with Gasteiger partial charge < -0.3 is 20.5 Å². The molecule has 3 aromatic carbocycles. The van der Waals surface area contributed by atoms with E-state index in [-0.39, 0.29) is 6.42 Å². The van der Waals surface area contributed by atoms with Crippen LogP contribution in [0.15, 0.2) is 71.6 Å². The standard InChI is InChI=1S/C24H24N2O3S2/c1-16-5-3-4-6-20(16)25-24(30)26-21-12-9-18(14-23(27)28)13-22(21)31-15-17-7-10-19(29-2)11-8-17/h3-13H,14-15H2,1-2H3,(H,27,28)(H2,25,26,30). The average Bonchev–Trinajstić information content (AvgIpc) is 2.75. The number of para-hydroxylation sites is 1. The number of aryl methyl sites for hydroxylation is 1. The highest BCUT2D eigenvalue weighted by molar-refractivity contribution is 7.98. The Morgan fingerprint density at radius 2 is 1.68 bits per heavy atom. The highest BCUT2D eigenvalue weighted by Gasteiger charge is 2.10. The quantitative estimate of drug-likeness (QED) is 0.298. The zero-order chi connectivity index (χ0) is 22.2. The maximum Gasteiger partial charge on any atom is 0.307 e. The first kappa shape index (κ1) is 22.7. The highest BCUT2D eigenvalue weighted by Crippen LogP contribution is 2.32. The molecule has 0 heterocycles. The molecule has 160 valence electrons. The maximum atomic E-state index is 11.2. The van der Waals surface area contributed by atoms with E-state index in [1.165, 1.54) is 0 Å². The number of aliphatic carboxylic acids is 1. The van der Waals surface area contributed by atoms with Crippen molar-refractivity contribution in [1.82, 2.24) is 0 Å². The lowest BCUT2D eigenvalue weighted by atomic mass is 10.1. The fourth-order valence-corrected chi connectivity index (χ4v) is 4.19. The summed E-state index contributed by atoms with van der Waals surface area (Å²) in [6, 6.07) is 21.4. The van der Waals surface area contributed by atoms with Crippen LogP contribution in [0.3, 0.4) is 0 Å². The molecular formula is C24H24N2O3S2. The summed E-state index contributed by atoms with van der Waals surface area (Å²) in [6.45, 7) is 2.02. The second-order valence-electron chi connectivity index (χ2n) is 6.93. The molecular weight excluding hydrogens is 428 g/mol. The van der Waals surface area contributed by atoms with Crippen molar-refractivity contribution >= 4 is 46.4 Å². The van der Waals surface area contributed by atoms with E-state index in [0.29, 0.717) is 5.11 Å². The number of methoxy groups -OCH3 is 1. The number of hydrogen-bond acceptors (Lipinski definition) is 4. The van der Waals surface area contributed by atoms with Crippen LogP contribution in [0.25, 0.3) is 0 Å². The summed E-state index contributed by atoms with van der Waals surface area (Å²) in [4.78, 5) is 12.1. The number of anilines is 2. The third-order valence-corrected chi connectivity index (χ3v) is 5.93. The molecule has 0 amide bonds. The Kier molecular flexibility index (Phi) is 7.92. The summed E-state index contributed by atoms with van der Waals surface area (Å²) in [5.74, 6) is 0.684. The van der Waals surface area contributed by atoms with Crippen molar-refractivity contribution in [2.24, 2.45) is 0 Å². The molecule has 0 spiro atoms. The van der Waals surface area contributed by atoms with Crippen LogP contribution in [-0.2, 0) is 17.0 Å². The summed E-state index contributed by atoms with van der Waals surface area (Å²) in [5.41, 5.74) is 4.75. The maximum absolute atomic E-state index is 11.2. The molecule has 0 saturated heterocycles. The van der Waals surface area contributed by atoms with Gasteiger partial charge in [-0.1, -0.05) is 36.4 Å². The van der Waals surface area contributed by atoms with E-state index in [9.17, 15) is 4.79 Å². The molecule has 5 nitrogen and oxygen atoms in total. The van der Waals surface area contributed by atoms with Gasteiger partial charge in [-0.15, -0.1) is 11.8 Å². The SMILES string of the molecule is COc1ccc(CSc2cc(CC(=O)O)ccc2NC(=S)Nc2ccccc2C)cc1. The zero-order valence-corrected chi connectivity index (χ0v) is 19.0. The molecule has 0 aliphatic carbocycles. The molecule has 3 rings (SSSR count). The van der Waals surface area contributed by atoms with E-state index in [4.69, 9.17) is 22.1 Å². The minimum absolute atomic E-state index is 0.0255. The largest absolute Gasteiger partial charge is 0.497 e. The van der Waals surface area contributed by atoms with Crippen LogP contribution in [0.4, 0.5) is 11.4 Å². The summed E-state index contributed by atoms with van der Waals surface area (Å²) < 4.78 is 5.21. The third kappa shape index (κ3) is 6.73. The minimum atomic E-state index is -0.858. The Morgan fingerprint density at radius 3 is 2.35 bits per heavy atom. The van der Waals surface area contributed by atoms with Crippen LogP contribution >= 0.6 is 24.0 Å². The van der Waals surface area contributed by atoms with E-state index in [1.807, 2.05) is 73.7 Å². The summed E-state index contributed by atoms with van der Waals surface area (Å²) >= 11 is 7.13. The number of nitrogens with one attached hydrogen (secondary N) is 2. The smallest absolute Gasteiger partial charge is 0.307 e. The van der Waals surface area contributed by atoms with Gasteiger partial charge in [0.1, 0.15) is 5.75 Å². The zero-order valence-electron chi connectivity index (χ0n) is 17.3. The topological polar surface area (TPSA) is 70.6 Å². The van der Waals surface area contributed by atoms with Crippen molar-refractivity contribution in [2.75, 3.05) is 17.7 Å². The first-order chi connectivity index (χ1) is 14.9. The molecule has 0 aliphatic heterocycles. The van der Waals surface area contributed by atoms with Gasteiger partial charge in [0.25, 0.3) is 0 Å². The lowest BCUT2D eigenvalue weighted by Crippen LogP contribution is -2.20. The van der Waals surface area contributed by atoms with Crippen LogP contribution in [0, 0.1) is 6.92 Å². The molecule has 7 heteroatoms. The molecule has 31 heavy (non-hydrogen) atoms. The van der Waals surface area contributed by atoms with Gasteiger partial charge in [-0.25, -0.2) is 0 Å². The molecule has 0 fully saturated rings. The van der Waals surface area contributed by atoms with Gasteiger partial charge in [0.2, 0.25) is 0 Å². The molecule has 0 aliphatic rings. The number of thiocarbonyl (C=S) groups is 1. The Morgan fingerprint density at radius 1 is 1.00 bits per heavy atom. The number of hydrogen-bond donors (Lipinski definition) is 3. The predicted octanol–water partition coefficient (Wildman–Crippen LogP) is 5.73. The van der Waals surface area contributed by atoms with Gasteiger partial charge in [0.15, 0.2) is 5.11 Å². The van der Waals surface area contributed by atoms with Gasteiger partial charge in [0.05, 0.1) is 19.2 Å². The Bertz CT molecular complexity index is 1070. The Balaban J connectivity index is 1.76. The normalized spacial score (nSPS) is 10.4. The number of carboxylic acid groups (broad SMARTS) is 1. The van der Waals surface area contributed by atoms with Gasteiger partial charge in [0, 0.05) is 16.3 Å². The molecule has 0 saturated carbocycles. The van der Waals surface area contributed by atoms with E-state index in [2.05, 4.69) is 10.6 Å². The Hall–Kier alpha value is -3.03. The first-order valence-electron chi connectivity index (χ1n) is 9.68. The van der Waals surface area contributed by atoms with Gasteiger partial charge in [-0.05, 0) is 66.2 Å². The van der Waals surface area contributed by atoms with E-state index < -0.39 is 5.97 Å². The molecule has 0 atom stereocenters. The number of rotatable bonds is 8. The van der Waals surface area contributed by atoms with Gasteiger partial charge >= 0.3 is 5.97 Å². The monoisotopic (exact) mass is 452 g/mol. The van der Waals surface area contributed by atoms with Crippen LogP contribution in [0.5, 0.6) is 5.75 Å². The van der Waals surface area contributed by atoms with Crippen LogP contribution in [0.2, 0.25) is 0 Å². The predicted molar refractivity (Wildman–Crippen MR) is 131 cm³/mol. The molecule has 3 aromatic rings. The van der Waals surface area contributed by atoms with Crippen molar-refractivity contribution < 1.29 is 14.6 Å². The number of benzene rings is 3.